The molecule has 0 saturated heterocycles. The van der Waals surface area contributed by atoms with Crippen LogP contribution in [0.1, 0.15) is 63.0 Å². The van der Waals surface area contributed by atoms with Crippen molar-refractivity contribution in [3.63, 3.8) is 0 Å². The van der Waals surface area contributed by atoms with Gasteiger partial charge in [-0.3, -0.25) is 0 Å². The van der Waals surface area contributed by atoms with Gasteiger partial charge in [-0.1, -0.05) is 57.4 Å². The highest BCUT2D eigenvalue weighted by Gasteiger charge is 2.25. The maximum Gasteiger partial charge on any atom is -0.0131 e. The lowest BCUT2D eigenvalue weighted by molar-refractivity contribution is 0.344. The third kappa shape index (κ3) is 2.31. The van der Waals surface area contributed by atoms with E-state index in [0.717, 1.165) is 11.8 Å². The van der Waals surface area contributed by atoms with E-state index in [9.17, 15) is 0 Å². The lowest BCUT2D eigenvalue weighted by atomic mass is 9.73. The summed E-state index contributed by atoms with van der Waals surface area (Å²) in [5, 5.41) is 0. The summed E-state index contributed by atoms with van der Waals surface area (Å²) in [7, 11) is 0. The molecule has 0 aliphatic heterocycles. The Hall–Kier alpha value is -0.780. The van der Waals surface area contributed by atoms with Crippen molar-refractivity contribution < 1.29 is 0 Å². The first-order valence-corrected chi connectivity index (χ1v) is 6.94. The van der Waals surface area contributed by atoms with Crippen LogP contribution in [0.3, 0.4) is 0 Å². The van der Waals surface area contributed by atoms with Crippen LogP contribution in [0.2, 0.25) is 0 Å². The maximum atomic E-state index is 2.37. The first kappa shape index (κ1) is 11.7. The summed E-state index contributed by atoms with van der Waals surface area (Å²) in [5.41, 5.74) is 3.28. The van der Waals surface area contributed by atoms with E-state index in [1.54, 1.807) is 11.1 Å². The molecule has 2 rings (SSSR count). The van der Waals surface area contributed by atoms with Gasteiger partial charge in [0.25, 0.3) is 0 Å². The largest absolute Gasteiger partial charge is 0.0654 e. The molecule has 16 heavy (non-hydrogen) atoms. The molecule has 1 aromatic rings. The van der Waals surface area contributed by atoms with Crippen LogP contribution >= 0.6 is 0 Å². The molecule has 0 amide bonds. The minimum Gasteiger partial charge on any atom is -0.0654 e. The molecular weight excluding hydrogens is 192 g/mol. The zero-order chi connectivity index (χ0) is 11.4. The lowest BCUT2D eigenvalue weighted by Gasteiger charge is -2.32. The average Bonchev–Trinajstić information content (AvgIpc) is 2.35. The molecule has 0 bridgehead atoms. The van der Waals surface area contributed by atoms with Crippen LogP contribution in [0.4, 0.5) is 0 Å². The summed E-state index contributed by atoms with van der Waals surface area (Å²) < 4.78 is 0. The van der Waals surface area contributed by atoms with Crippen molar-refractivity contribution in [2.75, 3.05) is 0 Å². The highest BCUT2D eigenvalue weighted by Crippen LogP contribution is 2.39. The third-order valence-electron chi connectivity index (χ3n) is 4.17. The van der Waals surface area contributed by atoms with E-state index in [2.05, 4.69) is 38.1 Å². The molecule has 0 spiro atoms. The van der Waals surface area contributed by atoms with E-state index in [-0.39, 0.29) is 0 Å². The van der Waals surface area contributed by atoms with Crippen molar-refractivity contribution in [1.29, 1.82) is 0 Å². The van der Waals surface area contributed by atoms with Crippen molar-refractivity contribution in [3.8, 4) is 0 Å². The molecule has 0 saturated carbocycles. The van der Waals surface area contributed by atoms with Gasteiger partial charge < -0.3 is 0 Å². The molecule has 1 aliphatic rings. The van der Waals surface area contributed by atoms with Crippen LogP contribution in [-0.4, -0.2) is 0 Å². The monoisotopic (exact) mass is 216 g/mol. The number of fused-ring (bicyclic) bond motifs is 1. The fraction of sp³-hybridized carbons (Fsp3) is 0.625. The summed E-state index contributed by atoms with van der Waals surface area (Å²) in [6.45, 7) is 4.68. The van der Waals surface area contributed by atoms with E-state index < -0.39 is 0 Å². The number of benzene rings is 1. The first-order valence-electron chi connectivity index (χ1n) is 6.94. The number of rotatable bonds is 4. The van der Waals surface area contributed by atoms with Gasteiger partial charge in [-0.15, -0.1) is 0 Å². The van der Waals surface area contributed by atoms with Gasteiger partial charge in [0.2, 0.25) is 0 Å². The predicted octanol–water partition coefficient (Wildman–Crippen LogP) is 4.93. The fourth-order valence-electron chi connectivity index (χ4n) is 3.34. The van der Waals surface area contributed by atoms with Crippen LogP contribution in [0.15, 0.2) is 24.3 Å². The molecular formula is C16H24. The van der Waals surface area contributed by atoms with E-state index >= 15 is 0 Å². The minimum absolute atomic E-state index is 0.842. The number of aryl methyl sites for hydroxylation is 1. The normalized spacial score (nSPS) is 21.5. The van der Waals surface area contributed by atoms with Crippen LogP contribution in [0, 0.1) is 5.92 Å². The molecule has 88 valence electrons. The maximum absolute atomic E-state index is 2.37. The summed E-state index contributed by atoms with van der Waals surface area (Å²) in [6, 6.07) is 9.12. The summed E-state index contributed by atoms with van der Waals surface area (Å²) in [6.07, 6.45) is 8.17. The molecule has 0 radical (unpaired) electrons. The second kappa shape index (κ2) is 5.52. The predicted molar refractivity (Wildman–Crippen MR) is 70.8 cm³/mol. The molecule has 1 aliphatic carbocycles. The van der Waals surface area contributed by atoms with Crippen molar-refractivity contribution in [3.05, 3.63) is 35.4 Å². The van der Waals surface area contributed by atoms with Crippen LogP contribution in [0.25, 0.3) is 0 Å². The Labute approximate surface area is 100 Å². The quantitative estimate of drug-likeness (QED) is 0.669. The van der Waals surface area contributed by atoms with Crippen molar-refractivity contribution in [2.45, 2.75) is 58.3 Å². The Morgan fingerprint density at radius 3 is 2.81 bits per heavy atom. The zero-order valence-corrected chi connectivity index (χ0v) is 10.7. The van der Waals surface area contributed by atoms with Gasteiger partial charge in [0.05, 0.1) is 0 Å². The molecule has 0 aromatic heterocycles. The average molecular weight is 216 g/mol. The number of hydrogen-bond acceptors (Lipinski definition) is 0. The van der Waals surface area contributed by atoms with E-state index in [1.165, 1.54) is 38.5 Å². The molecule has 2 unspecified atom stereocenters. The van der Waals surface area contributed by atoms with Gasteiger partial charge in [-0.25, -0.2) is 0 Å². The lowest BCUT2D eigenvalue weighted by Crippen LogP contribution is -2.18. The summed E-state index contributed by atoms with van der Waals surface area (Å²) in [4.78, 5) is 0. The molecule has 0 heterocycles. The minimum atomic E-state index is 0.842. The Morgan fingerprint density at radius 1 is 1.25 bits per heavy atom. The Kier molecular flexibility index (Phi) is 4.04. The smallest absolute Gasteiger partial charge is 0.0131 e. The molecule has 2 atom stereocenters. The van der Waals surface area contributed by atoms with Crippen LogP contribution in [0.5, 0.6) is 0 Å². The van der Waals surface area contributed by atoms with E-state index in [1.807, 2.05) is 0 Å². The number of hydrogen-bond donors (Lipinski definition) is 0. The van der Waals surface area contributed by atoms with Crippen molar-refractivity contribution >= 4 is 0 Å². The van der Waals surface area contributed by atoms with Gasteiger partial charge in [-0.05, 0) is 42.2 Å². The topological polar surface area (TPSA) is 0 Å². The second-order valence-electron chi connectivity index (χ2n) is 5.15. The van der Waals surface area contributed by atoms with Gasteiger partial charge in [0, 0.05) is 0 Å². The zero-order valence-electron chi connectivity index (χ0n) is 10.7. The van der Waals surface area contributed by atoms with Crippen LogP contribution < -0.4 is 0 Å². The van der Waals surface area contributed by atoms with Gasteiger partial charge in [-0.2, -0.15) is 0 Å². The first-order chi connectivity index (χ1) is 7.86. The summed E-state index contributed by atoms with van der Waals surface area (Å²) >= 11 is 0. The Balaban J connectivity index is 2.23. The van der Waals surface area contributed by atoms with E-state index in [0.29, 0.717) is 0 Å². The fourth-order valence-corrected chi connectivity index (χ4v) is 3.34. The Morgan fingerprint density at radius 2 is 2.06 bits per heavy atom. The van der Waals surface area contributed by atoms with Gasteiger partial charge in [0.15, 0.2) is 0 Å². The molecule has 1 aromatic carbocycles. The summed E-state index contributed by atoms with van der Waals surface area (Å²) in [5.74, 6) is 1.75. The van der Waals surface area contributed by atoms with Crippen LogP contribution in [-0.2, 0) is 6.42 Å². The highest BCUT2D eigenvalue weighted by molar-refractivity contribution is 5.33. The van der Waals surface area contributed by atoms with Gasteiger partial charge >= 0.3 is 0 Å². The molecule has 0 heteroatoms. The second-order valence-corrected chi connectivity index (χ2v) is 5.15. The van der Waals surface area contributed by atoms with Gasteiger partial charge in [0.1, 0.15) is 0 Å². The van der Waals surface area contributed by atoms with Crippen molar-refractivity contribution in [1.82, 2.24) is 0 Å². The molecule has 0 fully saturated rings. The highest BCUT2D eigenvalue weighted by atomic mass is 14.3. The van der Waals surface area contributed by atoms with E-state index in [4.69, 9.17) is 0 Å². The molecule has 0 nitrogen and oxygen atoms in total. The Bertz CT molecular complexity index is 327. The standard InChI is InChI=1S/C16H24/c1-3-8-13(4-2)15-12-7-10-14-9-5-6-11-16(14)15/h5-6,9,11,13,15H,3-4,7-8,10,12H2,1-2H3. The molecule has 0 N–H and O–H groups in total. The van der Waals surface area contributed by atoms with Crippen molar-refractivity contribution in [2.24, 2.45) is 5.92 Å². The SMILES string of the molecule is CCCC(CC)C1CCCc2ccccc21. The third-order valence-corrected chi connectivity index (χ3v) is 4.17.